The minimum Gasteiger partial charge on any atom is -0.397 e. The third-order valence-corrected chi connectivity index (χ3v) is 4.96. The summed E-state index contributed by atoms with van der Waals surface area (Å²) in [5.41, 5.74) is 7.66. The van der Waals surface area contributed by atoms with Crippen LogP contribution in [0.1, 0.15) is 18.4 Å². The van der Waals surface area contributed by atoms with Gasteiger partial charge in [-0.1, -0.05) is 11.6 Å². The number of nitrogens with one attached hydrogen (secondary N) is 1. The van der Waals surface area contributed by atoms with Crippen molar-refractivity contribution in [3.8, 4) is 0 Å². The number of likely N-dealkylation sites (tertiary alicyclic amines) is 1. The van der Waals surface area contributed by atoms with Gasteiger partial charge in [0, 0.05) is 11.6 Å². The number of anilines is 2. The van der Waals surface area contributed by atoms with Gasteiger partial charge < -0.3 is 11.1 Å². The highest BCUT2D eigenvalue weighted by molar-refractivity contribution is 7.69. The number of nitrogen functional groups attached to an aromatic ring is 1. The van der Waals surface area contributed by atoms with Crippen molar-refractivity contribution in [2.75, 3.05) is 37.6 Å². The van der Waals surface area contributed by atoms with Gasteiger partial charge in [0.1, 0.15) is 6.04 Å². The molecule has 6 nitrogen and oxygen atoms in total. The molecule has 0 bridgehead atoms. The number of carbonyl (C=O) groups excluding carboxylic acids is 2. The minimum absolute atomic E-state index is 0.259. The molecule has 0 spiro atoms. The zero-order chi connectivity index (χ0) is 18.1. The summed E-state index contributed by atoms with van der Waals surface area (Å²) in [5, 5.41) is 3.35. The Bertz CT molecular complexity index is 661. The molecule has 2 amide bonds. The number of nitrogens with zero attached hydrogens (tertiary/aromatic N) is 1. The first-order chi connectivity index (χ1) is 11.1. The van der Waals surface area contributed by atoms with E-state index in [2.05, 4.69) is 5.32 Å². The average molecular weight is 373 g/mol. The van der Waals surface area contributed by atoms with Crippen molar-refractivity contribution >= 4 is 42.5 Å². The molecule has 0 aliphatic carbocycles. The third kappa shape index (κ3) is 4.31. The van der Waals surface area contributed by atoms with Gasteiger partial charge in [-0.2, -0.15) is 0 Å². The van der Waals surface area contributed by atoms with Crippen LogP contribution in [0.3, 0.4) is 0 Å². The van der Waals surface area contributed by atoms with Gasteiger partial charge >= 0.3 is 6.09 Å². The zero-order valence-corrected chi connectivity index (χ0v) is 16.1. The highest BCUT2D eigenvalue weighted by atomic mass is 35.5. The van der Waals surface area contributed by atoms with E-state index in [1.54, 1.807) is 19.1 Å². The smallest absolute Gasteiger partial charge is 0.397 e. The van der Waals surface area contributed by atoms with Crippen molar-refractivity contribution in [1.82, 2.24) is 4.90 Å². The van der Waals surface area contributed by atoms with E-state index in [0.717, 1.165) is 12.0 Å². The fraction of sp³-hybridized carbons (Fsp3) is 0.500. The van der Waals surface area contributed by atoms with Crippen LogP contribution in [0.4, 0.5) is 16.2 Å². The molecule has 3 N–H and O–H groups in total. The highest BCUT2D eigenvalue weighted by Gasteiger charge is 2.38. The number of rotatable bonds is 3. The van der Waals surface area contributed by atoms with Crippen molar-refractivity contribution in [3.63, 3.8) is 0 Å². The summed E-state index contributed by atoms with van der Waals surface area (Å²) in [6, 6.07) is 2.81. The monoisotopic (exact) mass is 372 g/mol. The molecule has 24 heavy (non-hydrogen) atoms. The second-order valence-electron chi connectivity index (χ2n) is 6.72. The minimum atomic E-state index is -1.73. The lowest BCUT2D eigenvalue weighted by Gasteiger charge is -2.24. The zero-order valence-electron chi connectivity index (χ0n) is 14.4. The second-order valence-corrected chi connectivity index (χ2v) is 11.1. The quantitative estimate of drug-likeness (QED) is 0.627. The molecule has 1 aliphatic rings. The van der Waals surface area contributed by atoms with Gasteiger partial charge in [-0.15, -0.1) is 0 Å². The maximum absolute atomic E-state index is 12.6. The van der Waals surface area contributed by atoms with Crippen LogP contribution in [0.25, 0.3) is 0 Å². The third-order valence-electron chi connectivity index (χ3n) is 3.85. The molecule has 0 aromatic heterocycles. The van der Waals surface area contributed by atoms with E-state index in [9.17, 15) is 9.59 Å². The summed E-state index contributed by atoms with van der Waals surface area (Å²) >= 11 is 6.02. The van der Waals surface area contributed by atoms with E-state index in [0.29, 0.717) is 29.4 Å². The molecule has 1 aromatic carbocycles. The van der Waals surface area contributed by atoms with Crippen LogP contribution in [0, 0.1) is 6.92 Å². The van der Waals surface area contributed by atoms with Crippen LogP contribution >= 0.6 is 19.1 Å². The van der Waals surface area contributed by atoms with E-state index in [1.807, 2.05) is 20.0 Å². The lowest BCUT2D eigenvalue weighted by atomic mass is 10.1. The average Bonchev–Trinajstić information content (AvgIpc) is 2.96. The molecule has 0 radical (unpaired) electrons. The summed E-state index contributed by atoms with van der Waals surface area (Å²) in [6.45, 7) is 8.04. The number of hydrogen-bond donors (Lipinski definition) is 2. The van der Waals surface area contributed by atoms with Gasteiger partial charge in [0.05, 0.1) is 31.4 Å². The fourth-order valence-electron chi connectivity index (χ4n) is 2.57. The van der Waals surface area contributed by atoms with E-state index in [1.165, 1.54) is 4.90 Å². The predicted octanol–water partition coefficient (Wildman–Crippen LogP) is 3.59. The number of nitrogens with two attached hydrogens (primary N) is 1. The fourth-order valence-corrected chi connectivity index (χ4v) is 3.31. The molecular formula is C16H24ClN3O3P+. The largest absolute Gasteiger partial charge is 0.448 e. The number of hydrogen-bond acceptors (Lipinski definition) is 4. The number of carbonyl (C=O) groups is 2. The Balaban J connectivity index is 2.11. The molecule has 0 saturated carbocycles. The van der Waals surface area contributed by atoms with Crippen LogP contribution in [0.2, 0.25) is 5.02 Å². The van der Waals surface area contributed by atoms with Gasteiger partial charge in [0.2, 0.25) is 5.91 Å². The van der Waals surface area contributed by atoms with Gasteiger partial charge in [-0.05, 0) is 37.5 Å². The Labute approximate surface area is 148 Å². The highest BCUT2D eigenvalue weighted by Crippen LogP contribution is 2.48. The van der Waals surface area contributed by atoms with Crippen LogP contribution in [-0.2, 0) is 9.32 Å². The predicted molar refractivity (Wildman–Crippen MR) is 100 cm³/mol. The Morgan fingerprint density at radius 3 is 2.67 bits per heavy atom. The molecule has 1 fully saturated rings. The second kappa shape index (κ2) is 7.16. The lowest BCUT2D eigenvalue weighted by Crippen LogP contribution is -2.43. The lowest BCUT2D eigenvalue weighted by molar-refractivity contribution is -0.119. The van der Waals surface area contributed by atoms with Crippen LogP contribution < -0.4 is 11.1 Å². The summed E-state index contributed by atoms with van der Waals surface area (Å²) in [4.78, 5) is 26.4. The molecule has 1 aromatic rings. The molecule has 132 valence electrons. The van der Waals surface area contributed by atoms with E-state index in [4.69, 9.17) is 21.9 Å². The Kier molecular flexibility index (Phi) is 5.61. The first-order valence-electron chi connectivity index (χ1n) is 7.77. The number of halogens is 1. The number of amides is 2. The molecule has 1 saturated heterocycles. The SMILES string of the molecule is Cc1c(Cl)ccc(NC(=O)[C@@H]2CCCN2C(=O)O[P+](C)(C)C)c1N. The standard InChI is InChI=1S/C16H23ClN3O3P/c1-10-11(17)7-8-12(14(10)18)19-15(21)13-6-5-9-20(13)16(22)23-24(2,3)4/h7-8,13H,5-6,9,18H2,1-4H3/p+1/t13-/m0/s1. The molecule has 1 heterocycles. The summed E-state index contributed by atoms with van der Waals surface area (Å²) < 4.78 is 5.49. The van der Waals surface area contributed by atoms with Crippen LogP contribution in [0.15, 0.2) is 12.1 Å². The molecule has 1 aliphatic heterocycles. The molecule has 1 atom stereocenters. The van der Waals surface area contributed by atoms with Gasteiger partial charge in [-0.25, -0.2) is 4.79 Å². The van der Waals surface area contributed by atoms with Crippen LogP contribution in [-0.4, -0.2) is 49.5 Å². The van der Waals surface area contributed by atoms with Crippen molar-refractivity contribution in [1.29, 1.82) is 0 Å². The first-order valence-corrected chi connectivity index (χ1v) is 11.2. The summed E-state index contributed by atoms with van der Waals surface area (Å²) in [7, 11) is -1.73. The van der Waals surface area contributed by atoms with Crippen molar-refractivity contribution in [2.45, 2.75) is 25.8 Å². The Morgan fingerprint density at radius 1 is 1.38 bits per heavy atom. The van der Waals surface area contributed by atoms with Crippen molar-refractivity contribution in [3.05, 3.63) is 22.7 Å². The maximum atomic E-state index is 12.6. The molecule has 8 heteroatoms. The summed E-state index contributed by atoms with van der Waals surface area (Å²) in [6.07, 6.45) is 0.953. The van der Waals surface area contributed by atoms with Crippen LogP contribution in [0.5, 0.6) is 0 Å². The van der Waals surface area contributed by atoms with Crippen molar-refractivity contribution < 1.29 is 14.1 Å². The van der Waals surface area contributed by atoms with E-state index < -0.39 is 19.6 Å². The Morgan fingerprint density at radius 2 is 2.04 bits per heavy atom. The normalized spacial score (nSPS) is 17.7. The van der Waals surface area contributed by atoms with Gasteiger partial charge in [-0.3, -0.25) is 14.2 Å². The first kappa shape index (κ1) is 18.8. The Hall–Kier alpha value is -1.52. The van der Waals surface area contributed by atoms with E-state index >= 15 is 0 Å². The number of benzene rings is 1. The van der Waals surface area contributed by atoms with E-state index in [-0.39, 0.29) is 5.91 Å². The van der Waals surface area contributed by atoms with Crippen molar-refractivity contribution in [2.24, 2.45) is 0 Å². The molecular weight excluding hydrogens is 349 g/mol. The molecule has 2 rings (SSSR count). The van der Waals surface area contributed by atoms with Gasteiger partial charge in [0.15, 0.2) is 7.49 Å². The van der Waals surface area contributed by atoms with Gasteiger partial charge in [0.25, 0.3) is 0 Å². The topological polar surface area (TPSA) is 84.7 Å². The summed E-state index contributed by atoms with van der Waals surface area (Å²) in [5.74, 6) is -0.259. The molecule has 0 unspecified atom stereocenters. The maximum Gasteiger partial charge on any atom is 0.448 e.